The van der Waals surface area contributed by atoms with Crippen LogP contribution in [0.1, 0.15) is 18.1 Å². The average molecular weight is 373 g/mol. The van der Waals surface area contributed by atoms with Crippen LogP contribution in [0.5, 0.6) is 5.75 Å². The van der Waals surface area contributed by atoms with Crippen LogP contribution >= 0.6 is 0 Å². The van der Waals surface area contributed by atoms with Crippen molar-refractivity contribution in [3.8, 4) is 11.8 Å². The second kappa shape index (κ2) is 8.47. The highest BCUT2D eigenvalue weighted by Gasteiger charge is 2.14. The maximum Gasteiger partial charge on any atom is 0.260 e. The van der Waals surface area contributed by atoms with Crippen molar-refractivity contribution in [2.45, 2.75) is 24.3 Å². The van der Waals surface area contributed by atoms with Crippen molar-refractivity contribution in [1.29, 1.82) is 5.26 Å². The number of nitriles is 1. The molecule has 0 radical (unpaired) electrons. The van der Waals surface area contributed by atoms with Crippen molar-refractivity contribution in [2.24, 2.45) is 5.14 Å². The Morgan fingerprint density at radius 3 is 2.35 bits per heavy atom. The van der Waals surface area contributed by atoms with Crippen LogP contribution in [0.15, 0.2) is 53.4 Å². The first-order chi connectivity index (χ1) is 12.3. The Bertz CT molecular complexity index is 901. The number of primary sulfonamides is 1. The van der Waals surface area contributed by atoms with Gasteiger partial charge in [0, 0.05) is 6.54 Å². The van der Waals surface area contributed by atoms with Crippen LogP contribution in [0.3, 0.4) is 0 Å². The van der Waals surface area contributed by atoms with E-state index < -0.39 is 16.1 Å². The molecule has 0 bridgehead atoms. The largest absolute Gasteiger partial charge is 0.481 e. The molecule has 3 N–H and O–H groups in total. The number of hydrogen-bond donors (Lipinski definition) is 2. The molecule has 0 spiro atoms. The summed E-state index contributed by atoms with van der Waals surface area (Å²) in [6.07, 6.45) is -0.145. The van der Waals surface area contributed by atoms with Crippen LogP contribution in [0.25, 0.3) is 0 Å². The molecule has 136 valence electrons. The van der Waals surface area contributed by atoms with E-state index in [1.54, 1.807) is 43.3 Å². The molecule has 1 atom stereocenters. The van der Waals surface area contributed by atoms with E-state index in [0.29, 0.717) is 24.3 Å². The van der Waals surface area contributed by atoms with Crippen molar-refractivity contribution < 1.29 is 17.9 Å². The lowest BCUT2D eigenvalue weighted by molar-refractivity contribution is -0.127. The quantitative estimate of drug-likeness (QED) is 0.758. The minimum absolute atomic E-state index is 0.0507. The smallest absolute Gasteiger partial charge is 0.260 e. The molecule has 0 heterocycles. The molecule has 2 aromatic carbocycles. The van der Waals surface area contributed by atoms with Gasteiger partial charge in [-0.05, 0) is 55.3 Å². The first-order valence-corrected chi connectivity index (χ1v) is 9.40. The second-order valence-corrected chi connectivity index (χ2v) is 7.19. The van der Waals surface area contributed by atoms with Gasteiger partial charge < -0.3 is 10.1 Å². The van der Waals surface area contributed by atoms with E-state index in [2.05, 4.69) is 5.32 Å². The van der Waals surface area contributed by atoms with E-state index in [0.717, 1.165) is 5.56 Å². The Hall–Kier alpha value is -2.89. The van der Waals surface area contributed by atoms with Gasteiger partial charge in [0.15, 0.2) is 6.10 Å². The van der Waals surface area contributed by atoms with Crippen LogP contribution in [-0.2, 0) is 21.2 Å². The number of carbonyl (C=O) groups is 1. The monoisotopic (exact) mass is 373 g/mol. The summed E-state index contributed by atoms with van der Waals surface area (Å²) in [5.74, 6) is 0.237. The number of nitrogens with two attached hydrogens (primary N) is 1. The summed E-state index contributed by atoms with van der Waals surface area (Å²) in [6, 6.07) is 14.7. The molecule has 0 saturated heterocycles. The van der Waals surface area contributed by atoms with Gasteiger partial charge in [-0.15, -0.1) is 0 Å². The first-order valence-electron chi connectivity index (χ1n) is 7.86. The second-order valence-electron chi connectivity index (χ2n) is 5.63. The Balaban J connectivity index is 1.81. The third-order valence-electron chi connectivity index (χ3n) is 3.63. The fraction of sp³-hybridized carbons (Fsp3) is 0.222. The standard InChI is InChI=1S/C18H19N3O4S/c1-13(25-16-6-2-15(12-19)3-7-16)18(22)21-11-10-14-4-8-17(9-5-14)26(20,23)24/h2-9,13H,10-11H2,1H3,(H,21,22)(H2,20,23,24). The summed E-state index contributed by atoms with van der Waals surface area (Å²) in [5, 5.41) is 16.6. The predicted molar refractivity (Wildman–Crippen MR) is 95.8 cm³/mol. The zero-order chi connectivity index (χ0) is 19.2. The van der Waals surface area contributed by atoms with E-state index in [1.165, 1.54) is 12.1 Å². The van der Waals surface area contributed by atoms with Crippen LogP contribution < -0.4 is 15.2 Å². The fourth-order valence-corrected chi connectivity index (χ4v) is 2.70. The molecule has 1 unspecified atom stereocenters. The van der Waals surface area contributed by atoms with Crippen LogP contribution in [0, 0.1) is 11.3 Å². The van der Waals surface area contributed by atoms with Crippen molar-refractivity contribution >= 4 is 15.9 Å². The summed E-state index contributed by atoms with van der Waals surface area (Å²) < 4.78 is 27.9. The van der Waals surface area contributed by atoms with Gasteiger partial charge in [0.05, 0.1) is 16.5 Å². The highest BCUT2D eigenvalue weighted by molar-refractivity contribution is 7.89. The minimum Gasteiger partial charge on any atom is -0.481 e. The maximum absolute atomic E-state index is 12.1. The van der Waals surface area contributed by atoms with E-state index in [1.807, 2.05) is 6.07 Å². The topological polar surface area (TPSA) is 122 Å². The predicted octanol–water partition coefficient (Wildman–Crippen LogP) is 1.33. The van der Waals surface area contributed by atoms with Crippen LogP contribution in [0.4, 0.5) is 0 Å². The van der Waals surface area contributed by atoms with Crippen molar-refractivity contribution in [2.75, 3.05) is 6.54 Å². The number of sulfonamides is 1. The van der Waals surface area contributed by atoms with Gasteiger partial charge in [0.1, 0.15) is 5.75 Å². The average Bonchev–Trinajstić information content (AvgIpc) is 2.62. The zero-order valence-electron chi connectivity index (χ0n) is 14.2. The van der Waals surface area contributed by atoms with Crippen molar-refractivity contribution in [3.63, 3.8) is 0 Å². The number of nitrogens with one attached hydrogen (secondary N) is 1. The molecular weight excluding hydrogens is 354 g/mol. The lowest BCUT2D eigenvalue weighted by Gasteiger charge is -2.14. The number of rotatable bonds is 7. The van der Waals surface area contributed by atoms with Gasteiger partial charge in [-0.2, -0.15) is 5.26 Å². The number of nitrogens with zero attached hydrogens (tertiary/aromatic N) is 1. The highest BCUT2D eigenvalue weighted by Crippen LogP contribution is 2.13. The molecule has 1 amide bonds. The van der Waals surface area contributed by atoms with Crippen molar-refractivity contribution in [1.82, 2.24) is 5.32 Å². The number of ether oxygens (including phenoxy) is 1. The van der Waals surface area contributed by atoms with E-state index >= 15 is 0 Å². The van der Waals surface area contributed by atoms with E-state index in [-0.39, 0.29) is 10.8 Å². The van der Waals surface area contributed by atoms with Gasteiger partial charge in [-0.1, -0.05) is 12.1 Å². The molecule has 2 rings (SSSR count). The van der Waals surface area contributed by atoms with Crippen LogP contribution in [-0.4, -0.2) is 27.0 Å². The Morgan fingerprint density at radius 2 is 1.81 bits per heavy atom. The van der Waals surface area contributed by atoms with Gasteiger partial charge in [0.25, 0.3) is 5.91 Å². The third-order valence-corrected chi connectivity index (χ3v) is 4.56. The molecule has 7 nitrogen and oxygen atoms in total. The summed E-state index contributed by atoms with van der Waals surface area (Å²) in [5.41, 5.74) is 1.39. The van der Waals surface area contributed by atoms with Gasteiger partial charge in [-0.25, -0.2) is 13.6 Å². The van der Waals surface area contributed by atoms with Gasteiger partial charge in [0.2, 0.25) is 10.0 Å². The normalized spacial score (nSPS) is 12.0. The zero-order valence-corrected chi connectivity index (χ0v) is 15.0. The molecule has 0 aliphatic carbocycles. The number of benzene rings is 2. The molecule has 0 aliphatic heterocycles. The van der Waals surface area contributed by atoms with E-state index in [9.17, 15) is 13.2 Å². The molecule has 26 heavy (non-hydrogen) atoms. The molecule has 2 aromatic rings. The molecule has 0 fully saturated rings. The minimum atomic E-state index is -3.70. The molecule has 0 aromatic heterocycles. The Morgan fingerprint density at radius 1 is 1.19 bits per heavy atom. The van der Waals surface area contributed by atoms with Crippen LogP contribution in [0.2, 0.25) is 0 Å². The first kappa shape index (κ1) is 19.4. The van der Waals surface area contributed by atoms with Gasteiger partial charge in [-0.3, -0.25) is 4.79 Å². The van der Waals surface area contributed by atoms with Gasteiger partial charge >= 0.3 is 0 Å². The van der Waals surface area contributed by atoms with Crippen molar-refractivity contribution in [3.05, 3.63) is 59.7 Å². The third kappa shape index (κ3) is 5.58. The highest BCUT2D eigenvalue weighted by atomic mass is 32.2. The lowest BCUT2D eigenvalue weighted by Crippen LogP contribution is -2.37. The number of hydrogen-bond acceptors (Lipinski definition) is 5. The summed E-state index contributed by atoms with van der Waals surface area (Å²) in [6.45, 7) is 2.02. The molecular formula is C18H19N3O4S. The number of carbonyl (C=O) groups excluding carboxylic acids is 1. The molecule has 0 aliphatic rings. The fourth-order valence-electron chi connectivity index (χ4n) is 2.19. The van der Waals surface area contributed by atoms with E-state index in [4.69, 9.17) is 15.1 Å². The molecule has 0 saturated carbocycles. The Labute approximate surface area is 152 Å². The summed E-state index contributed by atoms with van der Waals surface area (Å²) in [4.78, 5) is 12.1. The SMILES string of the molecule is CC(Oc1ccc(C#N)cc1)C(=O)NCCc1ccc(S(N)(=O)=O)cc1. The lowest BCUT2D eigenvalue weighted by atomic mass is 10.1. The Kier molecular flexibility index (Phi) is 6.33. The number of amides is 1. The molecule has 8 heteroatoms. The summed E-state index contributed by atoms with van der Waals surface area (Å²) in [7, 11) is -3.70. The summed E-state index contributed by atoms with van der Waals surface area (Å²) >= 11 is 0. The maximum atomic E-state index is 12.1.